The second-order valence-corrected chi connectivity index (χ2v) is 6.34. The van der Waals surface area contributed by atoms with Crippen molar-refractivity contribution in [3.63, 3.8) is 0 Å². The highest BCUT2D eigenvalue weighted by atomic mass is 35.5. The summed E-state index contributed by atoms with van der Waals surface area (Å²) in [5.41, 5.74) is 1.33. The number of urea groups is 1. The Morgan fingerprint density at radius 1 is 1.10 bits per heavy atom. The number of ether oxygens (including phenoxy) is 3. The van der Waals surface area contributed by atoms with Crippen molar-refractivity contribution in [1.82, 2.24) is 25.0 Å². The summed E-state index contributed by atoms with van der Waals surface area (Å²) in [7, 11) is 4.49. The second-order valence-electron chi connectivity index (χ2n) is 5.93. The first-order valence-electron chi connectivity index (χ1n) is 8.72. The third-order valence-corrected chi connectivity index (χ3v) is 4.43. The molecule has 2 amide bonds. The maximum Gasteiger partial charge on any atom is 0.323 e. The number of hydrogen-bond acceptors (Lipinski definition) is 8. The average Bonchev–Trinajstić information content (AvgIpc) is 3.27. The highest BCUT2D eigenvalue weighted by Gasteiger charge is 2.20. The lowest BCUT2D eigenvalue weighted by Crippen LogP contribution is -2.22. The van der Waals surface area contributed by atoms with E-state index in [1.165, 1.54) is 43.7 Å². The molecule has 0 fully saturated rings. The first-order valence-corrected chi connectivity index (χ1v) is 9.10. The van der Waals surface area contributed by atoms with E-state index in [9.17, 15) is 4.79 Å². The number of carbonyl (C=O) groups is 1. The summed E-state index contributed by atoms with van der Waals surface area (Å²) in [5.74, 6) is 0.884. The minimum absolute atomic E-state index is 0.135. The van der Waals surface area contributed by atoms with Crippen molar-refractivity contribution in [3.8, 4) is 17.4 Å². The summed E-state index contributed by atoms with van der Waals surface area (Å²) >= 11 is 6.28. The molecule has 0 saturated carbocycles. The number of nitrogens with one attached hydrogen (secondary N) is 2. The predicted molar refractivity (Wildman–Crippen MR) is 110 cm³/mol. The molecule has 0 saturated heterocycles. The Bertz CT molecular complexity index is 1030. The van der Waals surface area contributed by atoms with Crippen LogP contribution in [-0.4, -0.2) is 52.3 Å². The van der Waals surface area contributed by atoms with Crippen LogP contribution >= 0.6 is 11.6 Å². The molecule has 0 radical (unpaired) electrons. The molecule has 0 aliphatic carbocycles. The third-order valence-electron chi connectivity index (χ3n) is 4.15. The van der Waals surface area contributed by atoms with Gasteiger partial charge >= 0.3 is 6.03 Å². The van der Waals surface area contributed by atoms with Gasteiger partial charge in [0.1, 0.15) is 11.4 Å². The number of aromatic nitrogens is 5. The highest BCUT2D eigenvalue weighted by molar-refractivity contribution is 6.32. The van der Waals surface area contributed by atoms with E-state index in [1.54, 1.807) is 13.3 Å². The summed E-state index contributed by atoms with van der Waals surface area (Å²) in [4.78, 5) is 22.2. The molecular weight excluding hydrogens is 414 g/mol. The molecule has 0 bridgehead atoms. The van der Waals surface area contributed by atoms with Crippen LogP contribution < -0.4 is 20.1 Å². The van der Waals surface area contributed by atoms with Crippen molar-refractivity contribution in [1.29, 1.82) is 0 Å². The van der Waals surface area contributed by atoms with E-state index in [0.29, 0.717) is 17.0 Å². The zero-order valence-electron chi connectivity index (χ0n) is 16.7. The Balaban J connectivity index is 1.86. The summed E-state index contributed by atoms with van der Waals surface area (Å²) in [6, 6.07) is 0.935. The number of rotatable bonds is 7. The van der Waals surface area contributed by atoms with E-state index in [1.807, 2.05) is 6.92 Å². The number of anilines is 2. The number of methoxy groups -OCH3 is 3. The van der Waals surface area contributed by atoms with E-state index >= 15 is 0 Å². The van der Waals surface area contributed by atoms with Crippen LogP contribution in [0.3, 0.4) is 0 Å². The number of hydrogen-bond donors (Lipinski definition) is 2. The quantitative estimate of drug-likeness (QED) is 0.582. The largest absolute Gasteiger partial charge is 0.495 e. The van der Waals surface area contributed by atoms with Gasteiger partial charge in [-0.3, -0.25) is 4.98 Å². The van der Waals surface area contributed by atoms with Crippen LogP contribution in [0.15, 0.2) is 30.9 Å². The van der Waals surface area contributed by atoms with Crippen LogP contribution in [0.4, 0.5) is 16.2 Å². The maximum absolute atomic E-state index is 12.6. The Morgan fingerprint density at radius 2 is 1.80 bits per heavy atom. The van der Waals surface area contributed by atoms with Crippen LogP contribution in [0.5, 0.6) is 11.6 Å². The molecule has 3 aromatic heterocycles. The molecule has 0 aromatic carbocycles. The van der Waals surface area contributed by atoms with E-state index in [4.69, 9.17) is 25.8 Å². The first kappa shape index (κ1) is 21.3. The standard InChI is InChI=1S/C18H20ClN7O4/c1-10(28-2)15-13(8-20-9-14(15)29-3)24-18(27)23-12-7-11(19)16(25-17(12)30-4)26-21-5-6-22-26/h5-10H,1-4H3,(H2,23,24,27)/t10-/m1/s1. The van der Waals surface area contributed by atoms with Gasteiger partial charge in [0.2, 0.25) is 5.88 Å². The molecule has 1 atom stereocenters. The van der Waals surface area contributed by atoms with Gasteiger partial charge in [-0.25, -0.2) is 4.79 Å². The minimum atomic E-state index is -0.560. The summed E-state index contributed by atoms with van der Waals surface area (Å²) in [6.45, 7) is 1.83. The van der Waals surface area contributed by atoms with Gasteiger partial charge in [0, 0.05) is 12.7 Å². The van der Waals surface area contributed by atoms with Crippen LogP contribution in [0.1, 0.15) is 18.6 Å². The molecule has 30 heavy (non-hydrogen) atoms. The van der Waals surface area contributed by atoms with Gasteiger partial charge in [0.25, 0.3) is 0 Å². The normalized spacial score (nSPS) is 11.6. The predicted octanol–water partition coefficient (Wildman–Crippen LogP) is 3.08. The average molecular weight is 434 g/mol. The lowest BCUT2D eigenvalue weighted by molar-refractivity contribution is 0.117. The Hall–Kier alpha value is -3.44. The fourth-order valence-electron chi connectivity index (χ4n) is 2.70. The smallest absolute Gasteiger partial charge is 0.323 e. The molecule has 0 aliphatic rings. The highest BCUT2D eigenvalue weighted by Crippen LogP contribution is 2.33. The van der Waals surface area contributed by atoms with Gasteiger partial charge < -0.3 is 24.8 Å². The maximum atomic E-state index is 12.6. The zero-order valence-corrected chi connectivity index (χ0v) is 17.5. The summed E-state index contributed by atoms with van der Waals surface area (Å²) < 4.78 is 16.0. The Morgan fingerprint density at radius 3 is 2.43 bits per heavy atom. The van der Waals surface area contributed by atoms with Crippen molar-refractivity contribution in [2.45, 2.75) is 13.0 Å². The van der Waals surface area contributed by atoms with Crippen molar-refractivity contribution < 1.29 is 19.0 Å². The van der Waals surface area contributed by atoms with Crippen molar-refractivity contribution >= 4 is 29.0 Å². The van der Waals surface area contributed by atoms with Crippen LogP contribution in [-0.2, 0) is 4.74 Å². The molecule has 0 unspecified atom stereocenters. The topological polar surface area (TPSA) is 125 Å². The molecule has 3 aromatic rings. The zero-order chi connectivity index (χ0) is 21.7. The van der Waals surface area contributed by atoms with Crippen molar-refractivity contribution in [3.05, 3.63) is 41.4 Å². The summed E-state index contributed by atoms with van der Waals surface area (Å²) in [5, 5.41) is 13.6. The Kier molecular flexibility index (Phi) is 6.65. The van der Waals surface area contributed by atoms with Crippen molar-refractivity contribution in [2.24, 2.45) is 0 Å². The monoisotopic (exact) mass is 433 g/mol. The molecule has 3 rings (SSSR count). The number of halogens is 1. The van der Waals surface area contributed by atoms with E-state index < -0.39 is 6.03 Å². The van der Waals surface area contributed by atoms with E-state index in [0.717, 1.165) is 0 Å². The SMILES string of the molecule is COc1cncc(NC(=O)Nc2cc(Cl)c(-n3nccn3)nc2OC)c1[C@@H](C)OC. The molecule has 158 valence electrons. The molecular formula is C18H20ClN7O4. The lowest BCUT2D eigenvalue weighted by Gasteiger charge is -2.19. The van der Waals surface area contributed by atoms with Gasteiger partial charge in [0.05, 0.1) is 55.8 Å². The fourth-order valence-corrected chi connectivity index (χ4v) is 2.93. The van der Waals surface area contributed by atoms with Gasteiger partial charge in [-0.05, 0) is 13.0 Å². The molecule has 11 nitrogen and oxygen atoms in total. The van der Waals surface area contributed by atoms with E-state index in [2.05, 4.69) is 30.8 Å². The first-order chi connectivity index (χ1) is 14.5. The molecule has 2 N–H and O–H groups in total. The fraction of sp³-hybridized carbons (Fsp3) is 0.278. The van der Waals surface area contributed by atoms with Crippen LogP contribution in [0.2, 0.25) is 5.02 Å². The van der Waals surface area contributed by atoms with E-state index in [-0.39, 0.29) is 28.5 Å². The minimum Gasteiger partial charge on any atom is -0.495 e. The summed E-state index contributed by atoms with van der Waals surface area (Å²) in [6.07, 6.45) is 5.69. The molecule has 0 aliphatic heterocycles. The number of amides is 2. The molecule has 12 heteroatoms. The third kappa shape index (κ3) is 4.42. The number of nitrogens with zero attached hydrogens (tertiary/aromatic N) is 5. The van der Waals surface area contributed by atoms with Gasteiger partial charge in [-0.2, -0.15) is 15.2 Å². The lowest BCUT2D eigenvalue weighted by atomic mass is 10.1. The van der Waals surface area contributed by atoms with Crippen LogP contribution in [0.25, 0.3) is 5.82 Å². The van der Waals surface area contributed by atoms with Gasteiger partial charge in [0.15, 0.2) is 5.82 Å². The molecule has 3 heterocycles. The van der Waals surface area contributed by atoms with Crippen molar-refractivity contribution in [2.75, 3.05) is 32.0 Å². The van der Waals surface area contributed by atoms with Gasteiger partial charge in [-0.15, -0.1) is 4.80 Å². The molecule has 0 spiro atoms. The number of pyridine rings is 2. The number of carbonyl (C=O) groups excluding carboxylic acids is 1. The second kappa shape index (κ2) is 9.37. The van der Waals surface area contributed by atoms with Crippen LogP contribution in [0, 0.1) is 0 Å². The Labute approximate surface area is 177 Å². The van der Waals surface area contributed by atoms with Gasteiger partial charge in [-0.1, -0.05) is 11.6 Å².